The third-order valence-corrected chi connectivity index (χ3v) is 5.91. The van der Waals surface area contributed by atoms with Crippen LogP contribution >= 0.6 is 39.5 Å². The molecule has 30 heavy (non-hydrogen) atoms. The summed E-state index contributed by atoms with van der Waals surface area (Å²) in [6.45, 7) is 1.51. The molecule has 0 radical (unpaired) electrons. The molecule has 0 unspecified atom stereocenters. The molecular formula is C17H14BrF4N3O3S2. The molecule has 0 aliphatic heterocycles. The number of hydrogen-bond acceptors (Lipinski definition) is 5. The van der Waals surface area contributed by atoms with Crippen LogP contribution in [-0.2, 0) is 4.74 Å². The normalized spacial score (nSPS) is 10.6. The standard InChI is InChI=1S/C17H14BrF4N3O3S2/c1-5-6(16(27)28-4)14(30-13(5)15(26)25(2)3)24-17(29)23-12-10(21)8(19)7(18)9(20)11(12)22/h1-4H3,(H2,23,24,29). The van der Waals surface area contributed by atoms with Crippen LogP contribution in [0.25, 0.3) is 0 Å². The Morgan fingerprint density at radius 2 is 1.60 bits per heavy atom. The zero-order valence-electron chi connectivity index (χ0n) is 15.9. The van der Waals surface area contributed by atoms with E-state index in [1.54, 1.807) is 0 Å². The van der Waals surface area contributed by atoms with Gasteiger partial charge in [0.05, 0.1) is 22.0 Å². The first-order chi connectivity index (χ1) is 13.9. The fourth-order valence-corrected chi connectivity index (χ4v) is 4.16. The molecule has 2 rings (SSSR count). The van der Waals surface area contributed by atoms with Crippen molar-refractivity contribution >= 4 is 67.2 Å². The molecule has 162 valence electrons. The van der Waals surface area contributed by atoms with Gasteiger partial charge in [-0.15, -0.1) is 11.3 Å². The Bertz CT molecular complexity index is 1030. The Hall–Kier alpha value is -2.25. The van der Waals surface area contributed by atoms with Crippen LogP contribution in [0.3, 0.4) is 0 Å². The van der Waals surface area contributed by atoms with Gasteiger partial charge in [-0.2, -0.15) is 0 Å². The van der Waals surface area contributed by atoms with Gasteiger partial charge in [0.25, 0.3) is 5.91 Å². The number of carbonyl (C=O) groups excluding carboxylic acids is 2. The maximum Gasteiger partial charge on any atom is 0.341 e. The number of anilines is 2. The molecule has 0 saturated heterocycles. The number of nitrogens with zero attached hydrogens (tertiary/aromatic N) is 1. The Labute approximate surface area is 186 Å². The zero-order valence-corrected chi connectivity index (χ0v) is 19.1. The van der Waals surface area contributed by atoms with Crippen molar-refractivity contribution in [2.45, 2.75) is 6.92 Å². The van der Waals surface area contributed by atoms with Crippen LogP contribution in [0.4, 0.5) is 28.3 Å². The van der Waals surface area contributed by atoms with Crippen molar-refractivity contribution in [1.82, 2.24) is 4.90 Å². The maximum absolute atomic E-state index is 14.0. The second-order valence-electron chi connectivity index (χ2n) is 5.98. The summed E-state index contributed by atoms with van der Waals surface area (Å²) in [5, 5.41) is 4.10. The SMILES string of the molecule is COC(=O)c1c(NC(=S)Nc2c(F)c(F)c(Br)c(F)c2F)sc(C(=O)N(C)C)c1C. The lowest BCUT2D eigenvalue weighted by Crippen LogP contribution is -2.22. The van der Waals surface area contributed by atoms with Crippen LogP contribution in [0.5, 0.6) is 0 Å². The molecule has 1 aromatic carbocycles. The number of methoxy groups -OCH3 is 1. The predicted octanol–water partition coefficient (Wildman–Crippen LogP) is 4.67. The second kappa shape index (κ2) is 9.27. The van der Waals surface area contributed by atoms with Crippen LogP contribution in [0, 0.1) is 30.2 Å². The predicted molar refractivity (Wildman–Crippen MR) is 112 cm³/mol. The molecule has 1 heterocycles. The molecule has 2 N–H and O–H groups in total. The summed E-state index contributed by atoms with van der Waals surface area (Å²) in [6, 6.07) is 0. The van der Waals surface area contributed by atoms with E-state index in [1.165, 1.54) is 25.9 Å². The number of nitrogens with one attached hydrogen (secondary N) is 2. The molecular weight excluding hydrogens is 514 g/mol. The first kappa shape index (κ1) is 24.0. The lowest BCUT2D eigenvalue weighted by molar-refractivity contribution is 0.0601. The molecule has 0 saturated carbocycles. The van der Waals surface area contributed by atoms with Crippen molar-refractivity contribution in [2.24, 2.45) is 0 Å². The summed E-state index contributed by atoms with van der Waals surface area (Å²) in [6.07, 6.45) is 0. The Kier molecular flexibility index (Phi) is 7.42. The number of thiophene rings is 1. The van der Waals surface area contributed by atoms with E-state index in [0.29, 0.717) is 5.56 Å². The van der Waals surface area contributed by atoms with E-state index < -0.39 is 50.4 Å². The van der Waals surface area contributed by atoms with Gasteiger partial charge in [-0.05, 0) is 40.6 Å². The van der Waals surface area contributed by atoms with E-state index in [4.69, 9.17) is 17.0 Å². The van der Waals surface area contributed by atoms with Crippen molar-refractivity contribution in [1.29, 1.82) is 0 Å². The maximum atomic E-state index is 14.0. The fourth-order valence-electron chi connectivity index (χ4n) is 2.32. The highest BCUT2D eigenvalue weighted by molar-refractivity contribution is 9.10. The van der Waals surface area contributed by atoms with Gasteiger partial charge in [0.15, 0.2) is 28.4 Å². The lowest BCUT2D eigenvalue weighted by atomic mass is 10.1. The summed E-state index contributed by atoms with van der Waals surface area (Å²) >= 11 is 8.22. The molecule has 0 aliphatic rings. The first-order valence-corrected chi connectivity index (χ1v) is 9.96. The second-order valence-corrected chi connectivity index (χ2v) is 8.20. The highest BCUT2D eigenvalue weighted by Crippen LogP contribution is 2.35. The van der Waals surface area contributed by atoms with Crippen LogP contribution in [0.15, 0.2) is 4.47 Å². The van der Waals surface area contributed by atoms with Gasteiger partial charge in [0.1, 0.15) is 10.7 Å². The minimum Gasteiger partial charge on any atom is -0.465 e. The number of hydrogen-bond donors (Lipinski definition) is 2. The van der Waals surface area contributed by atoms with E-state index in [1.807, 2.05) is 5.32 Å². The number of esters is 1. The van der Waals surface area contributed by atoms with Crippen LogP contribution in [-0.4, -0.2) is 43.1 Å². The zero-order chi connectivity index (χ0) is 22.9. The third kappa shape index (κ3) is 4.42. The molecule has 0 spiro atoms. The molecule has 0 fully saturated rings. The van der Waals surface area contributed by atoms with E-state index in [0.717, 1.165) is 18.4 Å². The molecule has 13 heteroatoms. The van der Waals surface area contributed by atoms with E-state index in [2.05, 4.69) is 21.2 Å². The number of halogens is 5. The van der Waals surface area contributed by atoms with Crippen LogP contribution in [0.2, 0.25) is 0 Å². The van der Waals surface area contributed by atoms with Gasteiger partial charge in [-0.1, -0.05) is 0 Å². The fraction of sp³-hybridized carbons (Fsp3) is 0.235. The number of rotatable bonds is 4. The van der Waals surface area contributed by atoms with Gasteiger partial charge in [0, 0.05) is 14.1 Å². The summed E-state index contributed by atoms with van der Waals surface area (Å²) < 4.78 is 59.2. The van der Waals surface area contributed by atoms with Crippen molar-refractivity contribution in [3.05, 3.63) is 43.7 Å². The Balaban J connectivity index is 2.44. The average Bonchev–Trinajstić information content (AvgIpc) is 3.02. The molecule has 6 nitrogen and oxygen atoms in total. The highest BCUT2D eigenvalue weighted by Gasteiger charge is 2.28. The smallest absolute Gasteiger partial charge is 0.341 e. The molecule has 1 amide bonds. The van der Waals surface area contributed by atoms with Gasteiger partial charge in [0.2, 0.25) is 0 Å². The molecule has 2 aromatic rings. The minimum absolute atomic E-state index is 0.0223. The van der Waals surface area contributed by atoms with Crippen molar-refractivity contribution in [2.75, 3.05) is 31.8 Å². The van der Waals surface area contributed by atoms with Crippen molar-refractivity contribution in [3.8, 4) is 0 Å². The van der Waals surface area contributed by atoms with E-state index in [9.17, 15) is 27.2 Å². The average molecular weight is 528 g/mol. The molecule has 1 aromatic heterocycles. The largest absolute Gasteiger partial charge is 0.465 e. The molecule has 0 atom stereocenters. The molecule has 0 bridgehead atoms. The Morgan fingerprint density at radius 3 is 2.07 bits per heavy atom. The number of ether oxygens (including phenoxy) is 1. The quantitative estimate of drug-likeness (QED) is 0.198. The summed E-state index contributed by atoms with van der Waals surface area (Å²) in [4.78, 5) is 26.0. The minimum atomic E-state index is -1.70. The number of carbonyl (C=O) groups is 2. The summed E-state index contributed by atoms with van der Waals surface area (Å²) in [5.74, 6) is -7.90. The van der Waals surface area contributed by atoms with Crippen LogP contribution < -0.4 is 10.6 Å². The van der Waals surface area contributed by atoms with Crippen LogP contribution in [0.1, 0.15) is 25.6 Å². The van der Waals surface area contributed by atoms with Gasteiger partial charge < -0.3 is 20.3 Å². The van der Waals surface area contributed by atoms with E-state index in [-0.39, 0.29) is 15.4 Å². The third-order valence-electron chi connectivity index (χ3n) is 3.81. The van der Waals surface area contributed by atoms with E-state index >= 15 is 0 Å². The monoisotopic (exact) mass is 527 g/mol. The highest BCUT2D eigenvalue weighted by atomic mass is 79.9. The lowest BCUT2D eigenvalue weighted by Gasteiger charge is -2.13. The van der Waals surface area contributed by atoms with Gasteiger partial charge in [-0.3, -0.25) is 4.79 Å². The van der Waals surface area contributed by atoms with Crippen molar-refractivity contribution < 1.29 is 31.9 Å². The number of thiocarbonyl (C=S) groups is 1. The van der Waals surface area contributed by atoms with Gasteiger partial charge >= 0.3 is 5.97 Å². The summed E-state index contributed by atoms with van der Waals surface area (Å²) in [5.41, 5.74) is -0.886. The number of benzene rings is 1. The number of amides is 1. The topological polar surface area (TPSA) is 70.7 Å². The molecule has 0 aliphatic carbocycles. The van der Waals surface area contributed by atoms with Crippen molar-refractivity contribution in [3.63, 3.8) is 0 Å². The summed E-state index contributed by atoms with van der Waals surface area (Å²) in [7, 11) is 4.16. The Morgan fingerprint density at radius 1 is 1.07 bits per heavy atom. The first-order valence-electron chi connectivity index (χ1n) is 7.95. The van der Waals surface area contributed by atoms with Gasteiger partial charge in [-0.25, -0.2) is 22.4 Å².